The topological polar surface area (TPSA) is 29.5 Å². The SMILES string of the molecule is CC(C)Oc1ccc(C2CC2)cc1[CH]O. The number of ether oxygens (including phenoxy) is 1. The van der Waals surface area contributed by atoms with Gasteiger partial charge in [0.15, 0.2) is 0 Å². The van der Waals surface area contributed by atoms with Crippen molar-refractivity contribution in [1.29, 1.82) is 0 Å². The second-order valence-electron chi connectivity index (χ2n) is 4.37. The fraction of sp³-hybridized carbons (Fsp3) is 0.462. The molecule has 0 amide bonds. The molecule has 1 aliphatic rings. The highest BCUT2D eigenvalue weighted by molar-refractivity contribution is 5.42. The van der Waals surface area contributed by atoms with Crippen LogP contribution >= 0.6 is 0 Å². The zero-order valence-electron chi connectivity index (χ0n) is 9.23. The molecule has 0 heterocycles. The Balaban J connectivity index is 2.22. The van der Waals surface area contributed by atoms with Crippen LogP contribution in [-0.4, -0.2) is 11.2 Å². The Kier molecular flexibility index (Phi) is 2.96. The minimum Gasteiger partial charge on any atom is -0.491 e. The predicted octanol–water partition coefficient (Wildman–Crippen LogP) is 3.23. The summed E-state index contributed by atoms with van der Waals surface area (Å²) in [7, 11) is 0. The van der Waals surface area contributed by atoms with E-state index >= 15 is 0 Å². The molecule has 0 atom stereocenters. The highest BCUT2D eigenvalue weighted by Gasteiger charge is 2.24. The van der Waals surface area contributed by atoms with Gasteiger partial charge in [-0.1, -0.05) is 6.07 Å². The van der Waals surface area contributed by atoms with Crippen LogP contribution in [0.25, 0.3) is 0 Å². The standard InChI is InChI=1S/C13H17O2/c1-9(2)15-13-6-5-11(10-3-4-10)7-12(13)8-14/h5-10,14H,3-4H2,1-2H3. The Labute approximate surface area is 90.9 Å². The third-order valence-electron chi connectivity index (χ3n) is 2.58. The first-order valence-corrected chi connectivity index (χ1v) is 5.48. The van der Waals surface area contributed by atoms with E-state index < -0.39 is 0 Å². The van der Waals surface area contributed by atoms with Crippen LogP contribution in [0.5, 0.6) is 5.75 Å². The van der Waals surface area contributed by atoms with Gasteiger partial charge >= 0.3 is 0 Å². The summed E-state index contributed by atoms with van der Waals surface area (Å²) in [4.78, 5) is 0. The van der Waals surface area contributed by atoms with Crippen molar-refractivity contribution in [2.24, 2.45) is 0 Å². The highest BCUT2D eigenvalue weighted by atomic mass is 16.5. The highest BCUT2D eigenvalue weighted by Crippen LogP contribution is 2.41. The molecule has 1 aromatic carbocycles. The summed E-state index contributed by atoms with van der Waals surface area (Å²) >= 11 is 0. The maximum Gasteiger partial charge on any atom is 0.125 e. The lowest BCUT2D eigenvalue weighted by Gasteiger charge is -2.13. The van der Waals surface area contributed by atoms with Gasteiger partial charge in [0.1, 0.15) is 12.4 Å². The number of aliphatic hydroxyl groups excluding tert-OH is 1. The summed E-state index contributed by atoms with van der Waals surface area (Å²) in [6.07, 6.45) is 2.68. The zero-order valence-corrected chi connectivity index (χ0v) is 9.23. The Bertz CT molecular complexity index is 340. The summed E-state index contributed by atoms with van der Waals surface area (Å²) in [5, 5.41) is 9.15. The van der Waals surface area contributed by atoms with Crippen molar-refractivity contribution in [2.75, 3.05) is 0 Å². The molecule has 1 aromatic rings. The van der Waals surface area contributed by atoms with Gasteiger partial charge in [0.05, 0.1) is 6.10 Å². The first kappa shape index (κ1) is 10.5. The van der Waals surface area contributed by atoms with Gasteiger partial charge in [0.25, 0.3) is 0 Å². The molecule has 0 aromatic heterocycles. The summed E-state index contributed by atoms with van der Waals surface area (Å²) in [6.45, 7) is 5.09. The molecule has 0 saturated heterocycles. The number of hydrogen-bond donors (Lipinski definition) is 1. The molecule has 15 heavy (non-hydrogen) atoms. The number of aliphatic hydroxyl groups is 1. The van der Waals surface area contributed by atoms with Crippen LogP contribution in [0.1, 0.15) is 43.7 Å². The van der Waals surface area contributed by atoms with Gasteiger partial charge in [-0.05, 0) is 50.3 Å². The van der Waals surface area contributed by atoms with Crippen molar-refractivity contribution in [3.8, 4) is 5.75 Å². The lowest BCUT2D eigenvalue weighted by Crippen LogP contribution is -2.07. The molecule has 1 saturated carbocycles. The van der Waals surface area contributed by atoms with Crippen molar-refractivity contribution < 1.29 is 9.84 Å². The van der Waals surface area contributed by atoms with E-state index in [0.717, 1.165) is 17.9 Å². The molecule has 1 radical (unpaired) electrons. The monoisotopic (exact) mass is 205 g/mol. The van der Waals surface area contributed by atoms with Gasteiger partial charge in [-0.25, -0.2) is 0 Å². The molecule has 0 aliphatic heterocycles. The van der Waals surface area contributed by atoms with E-state index in [-0.39, 0.29) is 6.10 Å². The maximum absolute atomic E-state index is 9.15. The minimum atomic E-state index is 0.135. The first-order valence-electron chi connectivity index (χ1n) is 5.48. The van der Waals surface area contributed by atoms with Crippen LogP contribution in [0, 0.1) is 6.61 Å². The molecule has 0 unspecified atom stereocenters. The van der Waals surface area contributed by atoms with E-state index in [2.05, 4.69) is 6.07 Å². The lowest BCUT2D eigenvalue weighted by atomic mass is 10.1. The van der Waals surface area contributed by atoms with Crippen molar-refractivity contribution in [1.82, 2.24) is 0 Å². The molecule has 0 bridgehead atoms. The second-order valence-corrected chi connectivity index (χ2v) is 4.37. The molecule has 81 valence electrons. The van der Waals surface area contributed by atoms with Gasteiger partial charge in [-0.3, -0.25) is 0 Å². The zero-order chi connectivity index (χ0) is 10.8. The molecule has 1 N–H and O–H groups in total. The van der Waals surface area contributed by atoms with Gasteiger partial charge < -0.3 is 9.84 Å². The Morgan fingerprint density at radius 2 is 2.13 bits per heavy atom. The summed E-state index contributed by atoms with van der Waals surface area (Å²) in [6, 6.07) is 6.08. The lowest BCUT2D eigenvalue weighted by molar-refractivity contribution is 0.238. The summed E-state index contributed by atoms with van der Waals surface area (Å²) in [5.41, 5.74) is 2.10. The van der Waals surface area contributed by atoms with E-state index in [4.69, 9.17) is 9.84 Å². The third-order valence-corrected chi connectivity index (χ3v) is 2.58. The molecule has 0 spiro atoms. The minimum absolute atomic E-state index is 0.135. The van der Waals surface area contributed by atoms with E-state index in [1.54, 1.807) is 0 Å². The molecular formula is C13H17O2. The van der Waals surface area contributed by atoms with Crippen molar-refractivity contribution >= 4 is 0 Å². The van der Waals surface area contributed by atoms with Crippen LogP contribution in [0.4, 0.5) is 0 Å². The normalized spacial score (nSPS) is 15.7. The Morgan fingerprint density at radius 3 is 2.67 bits per heavy atom. The van der Waals surface area contributed by atoms with Crippen LogP contribution in [0.15, 0.2) is 18.2 Å². The summed E-state index contributed by atoms with van der Waals surface area (Å²) < 4.78 is 5.60. The molecular weight excluding hydrogens is 188 g/mol. The predicted molar refractivity (Wildman–Crippen MR) is 59.5 cm³/mol. The first-order chi connectivity index (χ1) is 7.20. The van der Waals surface area contributed by atoms with Crippen LogP contribution in [0.2, 0.25) is 0 Å². The second kappa shape index (κ2) is 4.23. The van der Waals surface area contributed by atoms with Crippen LogP contribution in [-0.2, 0) is 0 Å². The molecule has 2 rings (SSSR count). The third kappa shape index (κ3) is 2.51. The molecule has 1 fully saturated rings. The fourth-order valence-electron chi connectivity index (χ4n) is 1.70. The quantitative estimate of drug-likeness (QED) is 0.817. The fourth-order valence-corrected chi connectivity index (χ4v) is 1.70. The number of hydrogen-bond acceptors (Lipinski definition) is 2. The van der Waals surface area contributed by atoms with E-state index in [9.17, 15) is 0 Å². The average molecular weight is 205 g/mol. The number of rotatable bonds is 4. The van der Waals surface area contributed by atoms with Crippen LogP contribution in [0.3, 0.4) is 0 Å². The average Bonchev–Trinajstić information content (AvgIpc) is 3.01. The Hall–Kier alpha value is -1.02. The van der Waals surface area contributed by atoms with E-state index in [1.807, 2.05) is 26.0 Å². The van der Waals surface area contributed by atoms with Crippen molar-refractivity contribution in [3.63, 3.8) is 0 Å². The van der Waals surface area contributed by atoms with Crippen LogP contribution < -0.4 is 4.74 Å². The van der Waals surface area contributed by atoms with E-state index in [0.29, 0.717) is 5.92 Å². The van der Waals surface area contributed by atoms with Gasteiger partial charge in [-0.15, -0.1) is 0 Å². The van der Waals surface area contributed by atoms with Gasteiger partial charge in [0, 0.05) is 5.56 Å². The smallest absolute Gasteiger partial charge is 0.125 e. The Morgan fingerprint density at radius 1 is 1.40 bits per heavy atom. The largest absolute Gasteiger partial charge is 0.491 e. The molecule has 2 nitrogen and oxygen atoms in total. The van der Waals surface area contributed by atoms with Gasteiger partial charge in [0.2, 0.25) is 0 Å². The number of benzene rings is 1. The summed E-state index contributed by atoms with van der Waals surface area (Å²) in [5.74, 6) is 1.47. The van der Waals surface area contributed by atoms with Gasteiger partial charge in [-0.2, -0.15) is 0 Å². The maximum atomic E-state index is 9.15. The molecule has 1 aliphatic carbocycles. The van der Waals surface area contributed by atoms with Crippen molar-refractivity contribution in [3.05, 3.63) is 35.9 Å². The molecule has 2 heteroatoms. The van der Waals surface area contributed by atoms with E-state index in [1.165, 1.54) is 18.4 Å². The van der Waals surface area contributed by atoms with Crippen molar-refractivity contribution in [2.45, 2.75) is 38.7 Å².